The Morgan fingerprint density at radius 3 is 2.30 bits per heavy atom. The van der Waals surface area contributed by atoms with E-state index in [2.05, 4.69) is 26.1 Å². The first-order valence-electron chi connectivity index (χ1n) is 7.94. The van der Waals surface area contributed by atoms with E-state index in [-0.39, 0.29) is 35.7 Å². The van der Waals surface area contributed by atoms with Gasteiger partial charge >= 0.3 is 0 Å². The van der Waals surface area contributed by atoms with Gasteiger partial charge in [-0.2, -0.15) is 0 Å². The number of hydrogen-bond donors (Lipinski definition) is 2. The Hall–Kier alpha value is -0.280. The normalized spacial score (nSPS) is 34.4. The van der Waals surface area contributed by atoms with Crippen LogP contribution in [0, 0.1) is 17.3 Å². The predicted octanol–water partition coefficient (Wildman–Crippen LogP) is 3.26. The van der Waals surface area contributed by atoms with Crippen molar-refractivity contribution in [2.24, 2.45) is 23.0 Å². The third kappa shape index (κ3) is 4.36. The highest BCUT2D eigenvalue weighted by atomic mass is 35.5. The SMILES string of the molecule is CC(C)(C)C1CCCCC1NC(=O)C1CCC(N)C1.Cl. The third-order valence-corrected chi connectivity index (χ3v) is 5.05. The van der Waals surface area contributed by atoms with Crippen LogP contribution in [0.3, 0.4) is 0 Å². The van der Waals surface area contributed by atoms with Crippen molar-refractivity contribution in [3.8, 4) is 0 Å². The first-order chi connectivity index (χ1) is 8.88. The number of nitrogens with one attached hydrogen (secondary N) is 1. The van der Waals surface area contributed by atoms with Crippen LogP contribution in [0.5, 0.6) is 0 Å². The second-order valence-electron chi connectivity index (χ2n) is 7.64. The molecule has 118 valence electrons. The zero-order valence-electron chi connectivity index (χ0n) is 13.2. The molecule has 4 unspecified atom stereocenters. The van der Waals surface area contributed by atoms with Crippen molar-refractivity contribution in [3.05, 3.63) is 0 Å². The lowest BCUT2D eigenvalue weighted by Gasteiger charge is -2.41. The second-order valence-corrected chi connectivity index (χ2v) is 7.64. The van der Waals surface area contributed by atoms with Gasteiger partial charge in [0.1, 0.15) is 0 Å². The molecule has 0 aromatic carbocycles. The molecule has 2 saturated carbocycles. The molecule has 0 aliphatic heterocycles. The van der Waals surface area contributed by atoms with Crippen molar-refractivity contribution in [1.29, 1.82) is 0 Å². The fourth-order valence-corrected chi connectivity index (χ4v) is 3.90. The molecule has 0 bridgehead atoms. The largest absolute Gasteiger partial charge is 0.353 e. The monoisotopic (exact) mass is 302 g/mol. The summed E-state index contributed by atoms with van der Waals surface area (Å²) >= 11 is 0. The van der Waals surface area contributed by atoms with Crippen LogP contribution in [0.15, 0.2) is 0 Å². The van der Waals surface area contributed by atoms with E-state index in [1.165, 1.54) is 19.3 Å². The molecule has 4 heteroatoms. The molecular weight excluding hydrogens is 272 g/mol. The van der Waals surface area contributed by atoms with Gasteiger partial charge in [-0.1, -0.05) is 33.6 Å². The van der Waals surface area contributed by atoms with Crippen LogP contribution in [0.4, 0.5) is 0 Å². The molecule has 2 rings (SSSR count). The van der Waals surface area contributed by atoms with E-state index in [1.807, 2.05) is 0 Å². The minimum atomic E-state index is 0. The maximum atomic E-state index is 12.4. The van der Waals surface area contributed by atoms with Crippen LogP contribution in [0.2, 0.25) is 0 Å². The smallest absolute Gasteiger partial charge is 0.223 e. The molecule has 2 aliphatic rings. The van der Waals surface area contributed by atoms with Crippen LogP contribution >= 0.6 is 12.4 Å². The number of hydrogen-bond acceptors (Lipinski definition) is 2. The van der Waals surface area contributed by atoms with E-state index in [4.69, 9.17) is 5.73 Å². The molecule has 0 spiro atoms. The quantitative estimate of drug-likeness (QED) is 0.822. The van der Waals surface area contributed by atoms with Crippen molar-refractivity contribution < 1.29 is 4.79 Å². The third-order valence-electron chi connectivity index (χ3n) is 5.05. The van der Waals surface area contributed by atoms with E-state index in [9.17, 15) is 4.79 Å². The standard InChI is InChI=1S/C16H30N2O.ClH/c1-16(2,3)13-6-4-5-7-14(13)18-15(19)11-8-9-12(17)10-11;/h11-14H,4-10,17H2,1-3H3,(H,18,19);1H. The number of carbonyl (C=O) groups is 1. The molecule has 2 aliphatic carbocycles. The summed E-state index contributed by atoms with van der Waals surface area (Å²) in [5, 5.41) is 3.34. The van der Waals surface area contributed by atoms with Gasteiger partial charge in [-0.05, 0) is 43.4 Å². The number of carbonyl (C=O) groups excluding carboxylic acids is 1. The summed E-state index contributed by atoms with van der Waals surface area (Å²) in [5.41, 5.74) is 6.19. The van der Waals surface area contributed by atoms with Crippen LogP contribution in [-0.2, 0) is 4.79 Å². The second kappa shape index (κ2) is 7.13. The van der Waals surface area contributed by atoms with Crippen LogP contribution in [-0.4, -0.2) is 18.0 Å². The highest BCUT2D eigenvalue weighted by Crippen LogP contribution is 2.38. The summed E-state index contributed by atoms with van der Waals surface area (Å²) in [7, 11) is 0. The lowest BCUT2D eigenvalue weighted by Crippen LogP contribution is -2.48. The Bertz CT molecular complexity index is 327. The van der Waals surface area contributed by atoms with Crippen molar-refractivity contribution in [2.45, 2.75) is 77.8 Å². The van der Waals surface area contributed by atoms with Gasteiger partial charge in [0, 0.05) is 18.0 Å². The van der Waals surface area contributed by atoms with E-state index in [0.717, 1.165) is 25.7 Å². The van der Waals surface area contributed by atoms with Gasteiger partial charge in [0.2, 0.25) is 5.91 Å². The van der Waals surface area contributed by atoms with E-state index in [0.29, 0.717) is 12.0 Å². The van der Waals surface area contributed by atoms with Gasteiger partial charge in [-0.3, -0.25) is 4.79 Å². The molecular formula is C16H31ClN2O. The Morgan fingerprint density at radius 1 is 1.10 bits per heavy atom. The Morgan fingerprint density at radius 2 is 1.75 bits per heavy atom. The summed E-state index contributed by atoms with van der Waals surface area (Å²) < 4.78 is 0. The topological polar surface area (TPSA) is 55.1 Å². The van der Waals surface area contributed by atoms with Gasteiger partial charge in [-0.25, -0.2) is 0 Å². The van der Waals surface area contributed by atoms with Crippen molar-refractivity contribution in [1.82, 2.24) is 5.32 Å². The first kappa shape index (κ1) is 17.8. The molecule has 3 nitrogen and oxygen atoms in total. The minimum Gasteiger partial charge on any atom is -0.353 e. The maximum absolute atomic E-state index is 12.4. The van der Waals surface area contributed by atoms with Crippen LogP contribution in [0.25, 0.3) is 0 Å². The average molecular weight is 303 g/mol. The van der Waals surface area contributed by atoms with Gasteiger partial charge < -0.3 is 11.1 Å². The molecule has 3 N–H and O–H groups in total. The molecule has 4 atom stereocenters. The fourth-order valence-electron chi connectivity index (χ4n) is 3.90. The van der Waals surface area contributed by atoms with Gasteiger partial charge in [-0.15, -0.1) is 12.4 Å². The highest BCUT2D eigenvalue weighted by molar-refractivity contribution is 5.85. The molecule has 0 aromatic heterocycles. The van der Waals surface area contributed by atoms with Gasteiger partial charge in [0.15, 0.2) is 0 Å². The van der Waals surface area contributed by atoms with Crippen molar-refractivity contribution in [3.63, 3.8) is 0 Å². The summed E-state index contributed by atoms with van der Waals surface area (Å²) in [6, 6.07) is 0.610. The number of rotatable bonds is 2. The summed E-state index contributed by atoms with van der Waals surface area (Å²) in [5.74, 6) is 1.03. The van der Waals surface area contributed by atoms with E-state index in [1.54, 1.807) is 0 Å². The molecule has 0 heterocycles. The Balaban J connectivity index is 0.00000200. The van der Waals surface area contributed by atoms with Crippen molar-refractivity contribution in [2.75, 3.05) is 0 Å². The Kier molecular flexibility index (Phi) is 6.33. The van der Waals surface area contributed by atoms with Crippen molar-refractivity contribution >= 4 is 18.3 Å². The van der Waals surface area contributed by atoms with Gasteiger partial charge in [0.25, 0.3) is 0 Å². The highest BCUT2D eigenvalue weighted by Gasteiger charge is 2.36. The first-order valence-corrected chi connectivity index (χ1v) is 7.94. The molecule has 2 fully saturated rings. The van der Waals surface area contributed by atoms with E-state index < -0.39 is 0 Å². The summed E-state index contributed by atoms with van der Waals surface area (Å²) in [6.45, 7) is 6.90. The number of halogens is 1. The van der Waals surface area contributed by atoms with E-state index >= 15 is 0 Å². The maximum Gasteiger partial charge on any atom is 0.223 e. The van der Waals surface area contributed by atoms with Gasteiger partial charge in [0.05, 0.1) is 0 Å². The van der Waals surface area contributed by atoms with Crippen LogP contribution in [0.1, 0.15) is 65.7 Å². The lowest BCUT2D eigenvalue weighted by molar-refractivity contribution is -0.126. The zero-order valence-corrected chi connectivity index (χ0v) is 14.0. The number of amides is 1. The zero-order chi connectivity index (χ0) is 14.0. The molecule has 0 radical (unpaired) electrons. The average Bonchev–Trinajstić information content (AvgIpc) is 2.75. The predicted molar refractivity (Wildman–Crippen MR) is 85.9 cm³/mol. The molecule has 1 amide bonds. The molecule has 20 heavy (non-hydrogen) atoms. The van der Waals surface area contributed by atoms with Crippen LogP contribution < -0.4 is 11.1 Å². The fraction of sp³-hybridized carbons (Fsp3) is 0.938. The summed E-state index contributed by atoms with van der Waals surface area (Å²) in [4.78, 5) is 12.4. The summed E-state index contributed by atoms with van der Waals surface area (Å²) in [6.07, 6.45) is 7.81. The number of nitrogens with two attached hydrogens (primary N) is 1. The molecule has 0 aromatic rings. The minimum absolute atomic E-state index is 0. The Labute approximate surface area is 129 Å². The lowest BCUT2D eigenvalue weighted by atomic mass is 9.69. The molecule has 0 saturated heterocycles.